The van der Waals surface area contributed by atoms with Crippen LogP contribution in [0.5, 0.6) is 5.75 Å². The Kier molecular flexibility index (Phi) is 3.54. The van der Waals surface area contributed by atoms with Crippen molar-refractivity contribution in [2.45, 2.75) is 44.2 Å². The molecule has 1 saturated carbocycles. The van der Waals surface area contributed by atoms with Crippen LogP contribution >= 0.6 is 12.4 Å². The monoisotopic (exact) mass is 335 g/mol. The summed E-state index contributed by atoms with van der Waals surface area (Å²) in [4.78, 5) is 18.6. The molecule has 3 aliphatic heterocycles. The third kappa shape index (κ3) is 2.24. The number of hydrogen-bond donors (Lipinski definition) is 1. The molecule has 0 radical (unpaired) electrons. The highest BCUT2D eigenvalue weighted by molar-refractivity contribution is 5.85. The first kappa shape index (κ1) is 15.2. The molecular formula is C17H22ClN3O2. The lowest BCUT2D eigenvalue weighted by molar-refractivity contribution is -0.129. The molecule has 5 rings (SSSR count). The van der Waals surface area contributed by atoms with E-state index in [2.05, 4.69) is 10.3 Å². The van der Waals surface area contributed by atoms with Crippen molar-refractivity contribution < 1.29 is 9.53 Å². The minimum absolute atomic E-state index is 0. The van der Waals surface area contributed by atoms with Crippen LogP contribution in [0, 0.1) is 5.41 Å². The van der Waals surface area contributed by atoms with Crippen molar-refractivity contribution in [3.8, 4) is 5.75 Å². The topological polar surface area (TPSA) is 54.5 Å². The van der Waals surface area contributed by atoms with E-state index < -0.39 is 0 Å². The van der Waals surface area contributed by atoms with Crippen LogP contribution in [0.25, 0.3) is 0 Å². The SMILES string of the molecule is Cl.O=C1CCC2c3c(OC4CC5(CNC5)C4)ccnc3CCN12. The molecule has 1 aromatic heterocycles. The molecule has 23 heavy (non-hydrogen) atoms. The Balaban J connectivity index is 0.00000135. The summed E-state index contributed by atoms with van der Waals surface area (Å²) < 4.78 is 6.32. The van der Waals surface area contributed by atoms with E-state index in [1.807, 2.05) is 17.2 Å². The van der Waals surface area contributed by atoms with Gasteiger partial charge in [0.1, 0.15) is 5.75 Å². The summed E-state index contributed by atoms with van der Waals surface area (Å²) in [5.74, 6) is 1.26. The van der Waals surface area contributed by atoms with Gasteiger partial charge < -0.3 is 15.0 Å². The molecule has 1 unspecified atom stereocenters. The highest BCUT2D eigenvalue weighted by Gasteiger charge is 2.50. The normalized spacial score (nSPS) is 27.6. The van der Waals surface area contributed by atoms with Gasteiger partial charge in [0.15, 0.2) is 0 Å². The number of nitrogens with one attached hydrogen (secondary N) is 1. The van der Waals surface area contributed by atoms with Gasteiger partial charge in [-0.3, -0.25) is 9.78 Å². The van der Waals surface area contributed by atoms with E-state index in [1.165, 1.54) is 5.56 Å². The fourth-order valence-electron chi connectivity index (χ4n) is 4.63. The predicted octanol–water partition coefficient (Wildman–Crippen LogP) is 1.85. The van der Waals surface area contributed by atoms with Gasteiger partial charge in [-0.25, -0.2) is 0 Å². The average Bonchev–Trinajstić information content (AvgIpc) is 2.82. The van der Waals surface area contributed by atoms with Gasteiger partial charge in [-0.2, -0.15) is 0 Å². The van der Waals surface area contributed by atoms with Gasteiger partial charge in [0.25, 0.3) is 0 Å². The molecule has 124 valence electrons. The molecule has 4 heterocycles. The summed E-state index contributed by atoms with van der Waals surface area (Å²) >= 11 is 0. The van der Waals surface area contributed by atoms with Crippen LogP contribution < -0.4 is 10.1 Å². The number of pyridine rings is 1. The second-order valence-corrected chi connectivity index (χ2v) is 7.31. The number of amides is 1. The van der Waals surface area contributed by atoms with E-state index >= 15 is 0 Å². The van der Waals surface area contributed by atoms with Gasteiger partial charge in [-0.1, -0.05) is 0 Å². The number of aromatic nitrogens is 1. The number of halogens is 1. The van der Waals surface area contributed by atoms with Crippen molar-refractivity contribution in [2.24, 2.45) is 5.41 Å². The number of carbonyl (C=O) groups is 1. The standard InChI is InChI=1S/C17H21N3O2.ClH/c21-15-2-1-13-16-12(4-6-20(13)15)19-5-3-14(16)22-11-7-17(8-11)9-18-10-17;/h3,5,11,13,18H,1-2,4,6-10H2;1H. The molecule has 0 bridgehead atoms. The Hall–Kier alpha value is -1.33. The number of hydrogen-bond acceptors (Lipinski definition) is 4. The Labute approximate surface area is 142 Å². The molecule has 2 saturated heterocycles. The van der Waals surface area contributed by atoms with Crippen LogP contribution in [0.4, 0.5) is 0 Å². The summed E-state index contributed by atoms with van der Waals surface area (Å²) in [5, 5.41) is 3.36. The third-order valence-corrected chi connectivity index (χ3v) is 5.90. The van der Waals surface area contributed by atoms with Gasteiger partial charge in [0.2, 0.25) is 5.91 Å². The van der Waals surface area contributed by atoms with Gasteiger partial charge in [0.05, 0.1) is 17.8 Å². The third-order valence-electron chi connectivity index (χ3n) is 5.90. The number of nitrogens with zero attached hydrogens (tertiary/aromatic N) is 2. The Morgan fingerprint density at radius 1 is 1.30 bits per heavy atom. The highest BCUT2D eigenvalue weighted by atomic mass is 35.5. The highest BCUT2D eigenvalue weighted by Crippen LogP contribution is 2.48. The van der Waals surface area contributed by atoms with Gasteiger partial charge in [-0.15, -0.1) is 12.4 Å². The van der Waals surface area contributed by atoms with Crippen molar-refractivity contribution >= 4 is 18.3 Å². The fraction of sp³-hybridized carbons (Fsp3) is 0.647. The first-order chi connectivity index (χ1) is 10.7. The minimum Gasteiger partial charge on any atom is -0.490 e. The van der Waals surface area contributed by atoms with Crippen LogP contribution in [0.3, 0.4) is 0 Å². The lowest BCUT2D eigenvalue weighted by atomic mass is 9.63. The molecule has 1 N–H and O–H groups in total. The number of fused-ring (bicyclic) bond motifs is 3. The largest absolute Gasteiger partial charge is 0.490 e. The van der Waals surface area contributed by atoms with Crippen LogP contribution in [0.2, 0.25) is 0 Å². The summed E-state index contributed by atoms with van der Waals surface area (Å²) in [7, 11) is 0. The van der Waals surface area contributed by atoms with E-state index in [9.17, 15) is 4.79 Å². The molecule has 1 amide bonds. The Morgan fingerprint density at radius 3 is 2.87 bits per heavy atom. The number of ether oxygens (including phenoxy) is 1. The second-order valence-electron chi connectivity index (χ2n) is 7.31. The quantitative estimate of drug-likeness (QED) is 0.896. The summed E-state index contributed by atoms with van der Waals surface area (Å²) in [6.45, 7) is 3.10. The zero-order valence-corrected chi connectivity index (χ0v) is 13.9. The van der Waals surface area contributed by atoms with Crippen LogP contribution in [-0.2, 0) is 11.2 Å². The van der Waals surface area contributed by atoms with E-state index in [-0.39, 0.29) is 24.4 Å². The van der Waals surface area contributed by atoms with Gasteiger partial charge >= 0.3 is 0 Å². The minimum atomic E-state index is 0. The maximum absolute atomic E-state index is 12.0. The molecule has 1 atom stereocenters. The molecule has 1 aromatic rings. The Morgan fingerprint density at radius 2 is 2.13 bits per heavy atom. The Bertz CT molecular complexity index is 639. The van der Waals surface area contributed by atoms with Gasteiger partial charge in [0, 0.05) is 49.7 Å². The van der Waals surface area contributed by atoms with Crippen molar-refractivity contribution in [3.05, 3.63) is 23.5 Å². The summed E-state index contributed by atoms with van der Waals surface area (Å²) in [6, 6.07) is 2.19. The number of carbonyl (C=O) groups excluding carboxylic acids is 1. The molecule has 5 nitrogen and oxygen atoms in total. The second kappa shape index (κ2) is 5.35. The maximum atomic E-state index is 12.0. The average molecular weight is 336 g/mol. The lowest BCUT2D eigenvalue weighted by Crippen LogP contribution is -2.62. The maximum Gasteiger partial charge on any atom is 0.223 e. The molecule has 0 aromatic carbocycles. The first-order valence-electron chi connectivity index (χ1n) is 8.39. The van der Waals surface area contributed by atoms with E-state index in [0.717, 1.165) is 56.8 Å². The van der Waals surface area contributed by atoms with Crippen LogP contribution in [0.15, 0.2) is 12.3 Å². The summed E-state index contributed by atoms with van der Waals surface area (Å²) in [6.07, 6.45) is 6.94. The predicted molar refractivity (Wildman–Crippen MR) is 87.8 cm³/mol. The molecule has 1 aliphatic carbocycles. The molecule has 4 aliphatic rings. The summed E-state index contributed by atoms with van der Waals surface area (Å²) in [5.41, 5.74) is 2.84. The zero-order valence-electron chi connectivity index (χ0n) is 13.1. The first-order valence-corrected chi connectivity index (χ1v) is 8.39. The lowest BCUT2D eigenvalue weighted by Gasteiger charge is -2.54. The van der Waals surface area contributed by atoms with E-state index in [1.54, 1.807) is 0 Å². The molecule has 1 spiro atoms. The molecule has 6 heteroatoms. The van der Waals surface area contributed by atoms with E-state index in [0.29, 0.717) is 17.9 Å². The van der Waals surface area contributed by atoms with Crippen molar-refractivity contribution in [1.29, 1.82) is 0 Å². The smallest absolute Gasteiger partial charge is 0.223 e. The van der Waals surface area contributed by atoms with Crippen molar-refractivity contribution in [1.82, 2.24) is 15.2 Å². The van der Waals surface area contributed by atoms with Crippen LogP contribution in [-0.4, -0.2) is 41.5 Å². The zero-order chi connectivity index (χ0) is 14.7. The number of rotatable bonds is 2. The van der Waals surface area contributed by atoms with Crippen LogP contribution in [0.1, 0.15) is 43.0 Å². The van der Waals surface area contributed by atoms with Crippen molar-refractivity contribution in [2.75, 3.05) is 19.6 Å². The van der Waals surface area contributed by atoms with Gasteiger partial charge in [-0.05, 0) is 25.3 Å². The molecule has 3 fully saturated rings. The fourth-order valence-corrected chi connectivity index (χ4v) is 4.63. The van der Waals surface area contributed by atoms with Crippen molar-refractivity contribution in [3.63, 3.8) is 0 Å². The molecular weight excluding hydrogens is 314 g/mol. The van der Waals surface area contributed by atoms with E-state index in [4.69, 9.17) is 4.74 Å².